The second-order valence-electron chi connectivity index (χ2n) is 4.94. The van der Waals surface area contributed by atoms with Crippen LogP contribution in [0.2, 0.25) is 0 Å². The molecule has 0 saturated heterocycles. The highest BCUT2D eigenvalue weighted by Crippen LogP contribution is 2.24. The van der Waals surface area contributed by atoms with Gasteiger partial charge in [0.25, 0.3) is 0 Å². The monoisotopic (exact) mass is 318 g/mol. The molecule has 21 heavy (non-hydrogen) atoms. The maximum atomic E-state index is 11.8. The molecule has 0 bridgehead atoms. The fourth-order valence-electron chi connectivity index (χ4n) is 1.61. The van der Waals surface area contributed by atoms with Crippen molar-refractivity contribution < 1.29 is 17.6 Å². The van der Waals surface area contributed by atoms with Gasteiger partial charge in [-0.1, -0.05) is 32.3 Å². The minimum atomic E-state index is -3.56. The average Bonchev–Trinajstić information content (AvgIpc) is 2.91. The van der Waals surface area contributed by atoms with Crippen LogP contribution in [0.4, 0.5) is 4.79 Å². The van der Waals surface area contributed by atoms with Crippen LogP contribution >= 0.6 is 0 Å². The van der Waals surface area contributed by atoms with Crippen molar-refractivity contribution in [2.75, 3.05) is 12.8 Å². The molecule has 9 heteroatoms. The molecule has 1 rings (SSSR count). The summed E-state index contributed by atoms with van der Waals surface area (Å²) in [6, 6.07) is -0.879. The van der Waals surface area contributed by atoms with E-state index in [1.165, 1.54) is 0 Å². The van der Waals surface area contributed by atoms with Crippen LogP contribution in [0.3, 0.4) is 0 Å². The van der Waals surface area contributed by atoms with Gasteiger partial charge in [-0.2, -0.15) is 0 Å². The highest BCUT2D eigenvalue weighted by molar-refractivity contribution is 7.90. The molecule has 8 nitrogen and oxygen atoms in total. The summed E-state index contributed by atoms with van der Waals surface area (Å²) in [5, 5.41) is 12.3. The molecule has 1 aromatic rings. The van der Waals surface area contributed by atoms with E-state index < -0.39 is 21.1 Å². The molecular weight excluding hydrogens is 296 g/mol. The molecule has 120 valence electrons. The van der Waals surface area contributed by atoms with Crippen LogP contribution in [0.1, 0.15) is 45.5 Å². The lowest BCUT2D eigenvalue weighted by Gasteiger charge is -2.21. The molecule has 0 unspecified atom stereocenters. The molecule has 0 radical (unpaired) electrons. The number of hydrogen-bond acceptors (Lipinski definition) is 6. The van der Waals surface area contributed by atoms with E-state index in [0.29, 0.717) is 6.54 Å². The van der Waals surface area contributed by atoms with Crippen molar-refractivity contribution in [1.82, 2.24) is 20.8 Å². The van der Waals surface area contributed by atoms with Crippen LogP contribution in [0.15, 0.2) is 9.64 Å². The highest BCUT2D eigenvalue weighted by atomic mass is 32.2. The molecule has 2 atom stereocenters. The molecule has 0 fully saturated rings. The van der Waals surface area contributed by atoms with Crippen molar-refractivity contribution in [2.24, 2.45) is 5.92 Å². The van der Waals surface area contributed by atoms with Gasteiger partial charge in [0.15, 0.2) is 0 Å². The van der Waals surface area contributed by atoms with Gasteiger partial charge in [-0.3, -0.25) is 0 Å². The molecule has 0 aliphatic heterocycles. The van der Waals surface area contributed by atoms with E-state index in [2.05, 4.69) is 20.8 Å². The van der Waals surface area contributed by atoms with Gasteiger partial charge in [-0.25, -0.2) is 13.2 Å². The van der Waals surface area contributed by atoms with E-state index in [1.807, 2.05) is 20.8 Å². The van der Waals surface area contributed by atoms with Gasteiger partial charge in [-0.05, 0) is 12.3 Å². The summed E-state index contributed by atoms with van der Waals surface area (Å²) in [4.78, 5) is 11.8. The third kappa shape index (κ3) is 5.00. The van der Waals surface area contributed by atoms with Crippen LogP contribution < -0.4 is 10.6 Å². The maximum absolute atomic E-state index is 11.8. The van der Waals surface area contributed by atoms with Crippen molar-refractivity contribution in [3.05, 3.63) is 5.89 Å². The standard InChI is InChI=1S/C12H22N4O4S/c1-5-7-13-11(17)14-9(8(3)6-2)10-15-16-12(20-10)21(4,18)19/h8-9H,5-7H2,1-4H3,(H2,13,14,17)/t8-,9+/m1/s1. The van der Waals surface area contributed by atoms with Gasteiger partial charge in [0.1, 0.15) is 6.04 Å². The van der Waals surface area contributed by atoms with Crippen LogP contribution in [0.5, 0.6) is 0 Å². The number of nitrogens with one attached hydrogen (secondary N) is 2. The zero-order valence-electron chi connectivity index (χ0n) is 12.7. The van der Waals surface area contributed by atoms with E-state index in [4.69, 9.17) is 4.42 Å². The van der Waals surface area contributed by atoms with Gasteiger partial charge in [0.05, 0.1) is 0 Å². The Balaban J connectivity index is 2.92. The van der Waals surface area contributed by atoms with Crippen molar-refractivity contribution in [2.45, 2.75) is 44.9 Å². The number of carbonyl (C=O) groups is 1. The van der Waals surface area contributed by atoms with Crippen molar-refractivity contribution in [3.63, 3.8) is 0 Å². The fourth-order valence-corrected chi connectivity index (χ4v) is 2.04. The van der Waals surface area contributed by atoms with Gasteiger partial charge in [-0.15, -0.1) is 5.10 Å². The zero-order chi connectivity index (χ0) is 16.0. The quantitative estimate of drug-likeness (QED) is 0.782. The van der Waals surface area contributed by atoms with Crippen LogP contribution in [-0.4, -0.2) is 37.4 Å². The van der Waals surface area contributed by atoms with Crippen molar-refractivity contribution in [3.8, 4) is 0 Å². The van der Waals surface area contributed by atoms with Gasteiger partial charge < -0.3 is 15.1 Å². The van der Waals surface area contributed by atoms with Gasteiger partial charge in [0, 0.05) is 12.8 Å². The second-order valence-corrected chi connectivity index (χ2v) is 6.84. The lowest BCUT2D eigenvalue weighted by atomic mass is 9.99. The fraction of sp³-hybridized carbons (Fsp3) is 0.750. The minimum Gasteiger partial charge on any atom is -0.410 e. The molecule has 2 amide bonds. The van der Waals surface area contributed by atoms with E-state index in [9.17, 15) is 13.2 Å². The zero-order valence-corrected chi connectivity index (χ0v) is 13.5. The Hall–Kier alpha value is -1.64. The Kier molecular flexibility index (Phi) is 6.13. The van der Waals surface area contributed by atoms with Gasteiger partial charge in [0.2, 0.25) is 15.7 Å². The molecule has 0 aliphatic rings. The summed E-state index contributed by atoms with van der Waals surface area (Å²) >= 11 is 0. The SMILES string of the molecule is CCCNC(=O)N[C@H](c1nnc(S(C)(=O)=O)o1)[C@H](C)CC. The number of aromatic nitrogens is 2. The summed E-state index contributed by atoms with van der Waals surface area (Å²) < 4.78 is 27.9. The first-order chi connectivity index (χ1) is 9.79. The molecule has 0 aliphatic carbocycles. The Labute approximate surface area is 124 Å². The molecular formula is C12H22N4O4S. The number of hydrogen-bond donors (Lipinski definition) is 2. The second kappa shape index (κ2) is 7.39. The van der Waals surface area contributed by atoms with Crippen LogP contribution in [-0.2, 0) is 9.84 Å². The van der Waals surface area contributed by atoms with E-state index in [1.54, 1.807) is 0 Å². The van der Waals surface area contributed by atoms with E-state index in [-0.39, 0.29) is 17.8 Å². The van der Waals surface area contributed by atoms with E-state index >= 15 is 0 Å². The number of sulfone groups is 1. The Bertz CT molecular complexity index is 570. The summed E-state index contributed by atoms with van der Waals surface area (Å²) in [6.45, 7) is 6.37. The number of urea groups is 1. The summed E-state index contributed by atoms with van der Waals surface area (Å²) in [7, 11) is -3.56. The Morgan fingerprint density at radius 3 is 2.48 bits per heavy atom. The van der Waals surface area contributed by atoms with Crippen molar-refractivity contribution in [1.29, 1.82) is 0 Å². The summed E-state index contributed by atoms with van der Waals surface area (Å²) in [5.74, 6) is 0.113. The molecule has 0 aromatic carbocycles. The predicted molar refractivity (Wildman–Crippen MR) is 76.4 cm³/mol. The van der Waals surface area contributed by atoms with E-state index in [0.717, 1.165) is 19.1 Å². The predicted octanol–water partition coefficient (Wildman–Crippen LogP) is 1.27. The number of rotatable bonds is 7. The number of carbonyl (C=O) groups excluding carboxylic acids is 1. The summed E-state index contributed by atoms with van der Waals surface area (Å²) in [6.07, 6.45) is 2.57. The highest BCUT2D eigenvalue weighted by Gasteiger charge is 2.27. The van der Waals surface area contributed by atoms with Crippen LogP contribution in [0, 0.1) is 5.92 Å². The Morgan fingerprint density at radius 1 is 1.33 bits per heavy atom. The molecule has 2 N–H and O–H groups in total. The number of nitrogens with zero attached hydrogens (tertiary/aromatic N) is 2. The number of amides is 2. The topological polar surface area (TPSA) is 114 Å². The maximum Gasteiger partial charge on any atom is 0.335 e. The smallest absolute Gasteiger partial charge is 0.335 e. The molecule has 0 spiro atoms. The normalized spacial score (nSPS) is 14.5. The molecule has 1 aromatic heterocycles. The third-order valence-electron chi connectivity index (χ3n) is 3.04. The van der Waals surface area contributed by atoms with Crippen molar-refractivity contribution >= 4 is 15.9 Å². The lowest BCUT2D eigenvalue weighted by Crippen LogP contribution is -2.40. The lowest BCUT2D eigenvalue weighted by molar-refractivity contribution is 0.223. The third-order valence-corrected chi connectivity index (χ3v) is 3.84. The van der Waals surface area contributed by atoms with Gasteiger partial charge >= 0.3 is 11.3 Å². The summed E-state index contributed by atoms with van der Waals surface area (Å²) in [5.41, 5.74) is 0. The largest absolute Gasteiger partial charge is 0.410 e. The molecule has 0 saturated carbocycles. The van der Waals surface area contributed by atoms with Crippen LogP contribution in [0.25, 0.3) is 0 Å². The Morgan fingerprint density at radius 2 is 2.00 bits per heavy atom. The first-order valence-corrected chi connectivity index (χ1v) is 8.76. The first kappa shape index (κ1) is 17.4. The average molecular weight is 318 g/mol. The molecule has 1 heterocycles. The minimum absolute atomic E-state index is 0.0187. The first-order valence-electron chi connectivity index (χ1n) is 6.87.